The molecule has 0 saturated carbocycles. The van der Waals surface area contributed by atoms with Crippen LogP contribution in [0.25, 0.3) is 27.7 Å². The molecular formula is C23H21N5O3. The van der Waals surface area contributed by atoms with Crippen molar-refractivity contribution in [2.24, 2.45) is 0 Å². The minimum absolute atomic E-state index is 0.00392. The number of hydrogen-bond acceptors (Lipinski definition) is 7. The zero-order valence-corrected chi connectivity index (χ0v) is 16.7. The van der Waals surface area contributed by atoms with Crippen LogP contribution in [0.2, 0.25) is 0 Å². The number of nitrogens with zero attached hydrogens (tertiary/aromatic N) is 2. The number of allylic oxidation sites excluding steroid dienone is 1. The fourth-order valence-electron chi connectivity index (χ4n) is 3.50. The second-order valence-corrected chi connectivity index (χ2v) is 7.57. The van der Waals surface area contributed by atoms with Gasteiger partial charge >= 0.3 is 0 Å². The van der Waals surface area contributed by atoms with Gasteiger partial charge in [-0.05, 0) is 23.8 Å². The molecule has 0 unspecified atom stereocenters. The average molecular weight is 415 g/mol. The van der Waals surface area contributed by atoms with Crippen LogP contribution in [0.15, 0.2) is 42.9 Å². The number of benzene rings is 1. The number of fused-ring (bicyclic) bond motifs is 1. The van der Waals surface area contributed by atoms with Crippen LogP contribution in [0.1, 0.15) is 11.1 Å². The fraction of sp³-hybridized carbons (Fsp3) is 0.261. The Balaban J connectivity index is 1.48. The maximum atomic E-state index is 9.61. The zero-order valence-electron chi connectivity index (χ0n) is 16.7. The summed E-state index contributed by atoms with van der Waals surface area (Å²) in [6, 6.07) is 10.1. The number of nitriles is 1. The van der Waals surface area contributed by atoms with Crippen molar-refractivity contribution in [1.82, 2.24) is 15.3 Å². The summed E-state index contributed by atoms with van der Waals surface area (Å²) in [6.45, 7) is 2.45. The summed E-state index contributed by atoms with van der Waals surface area (Å²) in [5, 5.41) is 21.6. The van der Waals surface area contributed by atoms with E-state index in [2.05, 4.69) is 21.4 Å². The van der Waals surface area contributed by atoms with Crippen LogP contribution in [-0.2, 0) is 9.47 Å². The van der Waals surface area contributed by atoms with E-state index in [4.69, 9.17) is 19.6 Å². The third-order valence-corrected chi connectivity index (χ3v) is 5.44. The molecule has 0 amide bonds. The highest BCUT2D eigenvalue weighted by Gasteiger charge is 2.22. The molecule has 2 aromatic heterocycles. The van der Waals surface area contributed by atoms with Crippen molar-refractivity contribution in [3.8, 4) is 22.9 Å². The number of aromatic amines is 1. The van der Waals surface area contributed by atoms with Crippen LogP contribution >= 0.6 is 0 Å². The predicted octanol–water partition coefficient (Wildman–Crippen LogP) is 2.86. The van der Waals surface area contributed by atoms with Crippen LogP contribution in [0, 0.1) is 16.7 Å². The molecule has 0 spiro atoms. The van der Waals surface area contributed by atoms with Gasteiger partial charge in [0.25, 0.3) is 0 Å². The summed E-state index contributed by atoms with van der Waals surface area (Å²) < 4.78 is 16.2. The summed E-state index contributed by atoms with van der Waals surface area (Å²) in [7, 11) is 0. The van der Waals surface area contributed by atoms with Crippen LogP contribution in [-0.4, -0.2) is 54.8 Å². The highest BCUT2D eigenvalue weighted by molar-refractivity contribution is 6.09. The Hall–Kier alpha value is -3.67. The van der Waals surface area contributed by atoms with E-state index in [9.17, 15) is 5.26 Å². The van der Waals surface area contributed by atoms with E-state index < -0.39 is 0 Å². The van der Waals surface area contributed by atoms with Gasteiger partial charge in [-0.1, -0.05) is 6.07 Å². The van der Waals surface area contributed by atoms with Gasteiger partial charge < -0.3 is 29.9 Å². The lowest BCUT2D eigenvalue weighted by atomic mass is 10.0. The van der Waals surface area contributed by atoms with E-state index in [0.29, 0.717) is 37.7 Å². The van der Waals surface area contributed by atoms with Crippen molar-refractivity contribution in [2.75, 3.05) is 26.4 Å². The van der Waals surface area contributed by atoms with E-state index in [1.807, 2.05) is 36.7 Å². The molecule has 2 aliphatic heterocycles. The van der Waals surface area contributed by atoms with E-state index in [0.717, 1.165) is 33.3 Å². The first kappa shape index (κ1) is 19.3. The first-order valence-corrected chi connectivity index (χ1v) is 10.1. The number of ether oxygens (including phenoxy) is 3. The van der Waals surface area contributed by atoms with Gasteiger partial charge in [-0.25, -0.2) is 4.98 Å². The van der Waals surface area contributed by atoms with Crippen molar-refractivity contribution in [2.45, 2.75) is 12.1 Å². The molecule has 0 radical (unpaired) electrons. The molecule has 31 heavy (non-hydrogen) atoms. The number of nitrogens with one attached hydrogen (secondary N) is 3. The molecular weight excluding hydrogens is 394 g/mol. The standard InChI is InChI=1S/C23H21N5O3/c24-5-15-3-14(1-2-22(15)31-19-12-30-13-19)21-9-28-23-20(21)4-16(7-27-23)17(6-25)8-26-18-10-29-11-18/h1-4,6-9,18-19,25-26H,10-13H2,(H,27,28)/b17-8+,25-6?. The lowest BCUT2D eigenvalue weighted by Gasteiger charge is -2.27. The Bertz CT molecular complexity index is 1200. The number of aromatic nitrogens is 2. The van der Waals surface area contributed by atoms with Gasteiger partial charge in [0.05, 0.1) is 38.0 Å². The molecule has 0 bridgehead atoms. The Kier molecular flexibility index (Phi) is 5.12. The number of hydrogen-bond donors (Lipinski definition) is 3. The number of rotatable bonds is 7. The molecule has 8 heteroatoms. The molecule has 2 aliphatic rings. The van der Waals surface area contributed by atoms with Gasteiger partial charge in [0.15, 0.2) is 0 Å². The maximum absolute atomic E-state index is 9.61. The Morgan fingerprint density at radius 2 is 2.10 bits per heavy atom. The smallest absolute Gasteiger partial charge is 0.145 e. The summed E-state index contributed by atoms with van der Waals surface area (Å²) in [4.78, 5) is 7.71. The van der Waals surface area contributed by atoms with E-state index >= 15 is 0 Å². The van der Waals surface area contributed by atoms with Crippen molar-refractivity contribution in [3.63, 3.8) is 0 Å². The molecule has 156 valence electrons. The van der Waals surface area contributed by atoms with E-state index in [1.54, 1.807) is 6.20 Å². The second-order valence-electron chi connectivity index (χ2n) is 7.57. The van der Waals surface area contributed by atoms with E-state index in [-0.39, 0.29) is 12.1 Å². The van der Waals surface area contributed by atoms with Crippen molar-refractivity contribution < 1.29 is 14.2 Å². The van der Waals surface area contributed by atoms with Gasteiger partial charge in [0.1, 0.15) is 23.6 Å². The molecule has 3 aromatic rings. The van der Waals surface area contributed by atoms with Crippen molar-refractivity contribution in [1.29, 1.82) is 10.7 Å². The quantitative estimate of drug-likeness (QED) is 0.511. The SMILES string of the molecule is N#Cc1cc(-c2c[nH]c3ncc(/C(C=N)=C/NC4COC4)cc23)ccc1OC1COC1. The minimum atomic E-state index is 0.00392. The number of H-pyrrole nitrogens is 1. The molecule has 2 saturated heterocycles. The zero-order chi connectivity index (χ0) is 21.2. The molecule has 1 aromatic carbocycles. The van der Waals surface area contributed by atoms with Gasteiger partial charge in [-0.3, -0.25) is 0 Å². The lowest BCUT2D eigenvalue weighted by molar-refractivity contribution is -0.0797. The van der Waals surface area contributed by atoms with Crippen molar-refractivity contribution in [3.05, 3.63) is 54.0 Å². The predicted molar refractivity (Wildman–Crippen MR) is 116 cm³/mol. The first-order valence-electron chi connectivity index (χ1n) is 10.1. The van der Waals surface area contributed by atoms with Gasteiger partial charge in [0, 0.05) is 46.9 Å². The normalized spacial score (nSPS) is 16.9. The molecule has 8 nitrogen and oxygen atoms in total. The van der Waals surface area contributed by atoms with Crippen LogP contribution in [0.3, 0.4) is 0 Å². The number of pyridine rings is 1. The second kappa shape index (κ2) is 8.22. The van der Waals surface area contributed by atoms with E-state index in [1.165, 1.54) is 6.21 Å². The molecule has 2 fully saturated rings. The Labute approximate surface area is 179 Å². The highest BCUT2D eigenvalue weighted by Crippen LogP contribution is 2.33. The van der Waals surface area contributed by atoms with Gasteiger partial charge in [-0.2, -0.15) is 5.26 Å². The Morgan fingerprint density at radius 3 is 2.77 bits per heavy atom. The molecule has 0 atom stereocenters. The monoisotopic (exact) mass is 415 g/mol. The topological polar surface area (TPSA) is 116 Å². The summed E-state index contributed by atoms with van der Waals surface area (Å²) in [5.74, 6) is 0.568. The fourth-order valence-corrected chi connectivity index (χ4v) is 3.50. The first-order chi connectivity index (χ1) is 15.2. The minimum Gasteiger partial charge on any atom is -0.484 e. The summed E-state index contributed by atoms with van der Waals surface area (Å²) in [5.41, 5.74) is 4.62. The van der Waals surface area contributed by atoms with Gasteiger partial charge in [0.2, 0.25) is 0 Å². The third kappa shape index (κ3) is 3.77. The van der Waals surface area contributed by atoms with Crippen molar-refractivity contribution >= 4 is 22.8 Å². The highest BCUT2D eigenvalue weighted by atomic mass is 16.6. The maximum Gasteiger partial charge on any atom is 0.145 e. The molecule has 3 N–H and O–H groups in total. The summed E-state index contributed by atoms with van der Waals surface area (Å²) in [6.07, 6.45) is 6.78. The third-order valence-electron chi connectivity index (χ3n) is 5.44. The average Bonchev–Trinajstić information content (AvgIpc) is 3.15. The Morgan fingerprint density at radius 1 is 1.26 bits per heavy atom. The largest absolute Gasteiger partial charge is 0.484 e. The molecule has 4 heterocycles. The van der Waals surface area contributed by atoms with Crippen LogP contribution in [0.5, 0.6) is 5.75 Å². The van der Waals surface area contributed by atoms with Crippen LogP contribution < -0.4 is 10.1 Å². The van der Waals surface area contributed by atoms with Gasteiger partial charge in [-0.15, -0.1) is 0 Å². The van der Waals surface area contributed by atoms with Crippen LogP contribution in [0.4, 0.5) is 0 Å². The lowest BCUT2D eigenvalue weighted by Crippen LogP contribution is -2.43. The molecule has 5 rings (SSSR count). The molecule has 0 aliphatic carbocycles. The summed E-state index contributed by atoms with van der Waals surface area (Å²) >= 11 is 0.